The number of nitrogens with zero attached hydrogens (tertiary/aromatic N) is 2. The number of nitrogens with one attached hydrogen (secondary N) is 2. The number of Topliss-reactive ketones (excluding diaryl/α,β-unsaturated/α-hetero) is 1. The fraction of sp³-hybridized carbons (Fsp3) is 0.217. The quantitative estimate of drug-likeness (QED) is 0.568. The van der Waals surface area contributed by atoms with E-state index in [2.05, 4.69) is 21.8 Å². The number of halogens is 2. The van der Waals surface area contributed by atoms with Gasteiger partial charge in [0.15, 0.2) is 5.78 Å². The lowest BCUT2D eigenvalue weighted by atomic mass is 9.86. The monoisotopic (exact) mass is 438 g/mol. The summed E-state index contributed by atoms with van der Waals surface area (Å²) in [7, 11) is 0. The molecule has 2 aliphatic heterocycles. The molecule has 30 heavy (non-hydrogen) atoms. The van der Waals surface area contributed by atoms with E-state index in [1.165, 1.54) is 5.56 Å². The highest BCUT2D eigenvalue weighted by molar-refractivity contribution is 6.42. The van der Waals surface area contributed by atoms with Crippen LogP contribution in [0.3, 0.4) is 0 Å². The minimum absolute atomic E-state index is 0.0618. The Kier molecular flexibility index (Phi) is 4.80. The first-order chi connectivity index (χ1) is 14.5. The molecule has 1 aromatic heterocycles. The number of aryl methyl sites for hydroxylation is 1. The molecule has 3 aromatic rings. The van der Waals surface area contributed by atoms with Gasteiger partial charge in [-0.1, -0.05) is 47.5 Å². The Morgan fingerprint density at radius 1 is 1.13 bits per heavy atom. The van der Waals surface area contributed by atoms with E-state index in [1.807, 2.05) is 48.0 Å². The molecular weight excluding hydrogens is 419 g/mol. The molecule has 2 unspecified atom stereocenters. The largest absolute Gasteiger partial charge is 0.375 e. The highest BCUT2D eigenvalue weighted by Crippen LogP contribution is 2.39. The smallest absolute Gasteiger partial charge is 0.185 e. The van der Waals surface area contributed by atoms with Crippen LogP contribution in [0.4, 0.5) is 11.5 Å². The third kappa shape index (κ3) is 3.18. The van der Waals surface area contributed by atoms with Crippen LogP contribution in [0.2, 0.25) is 10.0 Å². The van der Waals surface area contributed by atoms with Gasteiger partial charge in [-0.2, -0.15) is 5.10 Å². The fourth-order valence-corrected chi connectivity index (χ4v) is 4.65. The number of rotatable bonds is 3. The van der Waals surface area contributed by atoms with Gasteiger partial charge in [-0.15, -0.1) is 0 Å². The zero-order chi connectivity index (χ0) is 20.8. The molecule has 0 radical (unpaired) electrons. The van der Waals surface area contributed by atoms with Crippen molar-refractivity contribution in [1.29, 1.82) is 0 Å². The van der Waals surface area contributed by atoms with Gasteiger partial charge >= 0.3 is 0 Å². The molecule has 0 amide bonds. The van der Waals surface area contributed by atoms with Gasteiger partial charge in [0.05, 0.1) is 22.3 Å². The van der Waals surface area contributed by atoms with Crippen molar-refractivity contribution in [2.75, 3.05) is 10.6 Å². The van der Waals surface area contributed by atoms with Crippen molar-refractivity contribution in [3.8, 4) is 0 Å². The summed E-state index contributed by atoms with van der Waals surface area (Å²) in [5, 5.41) is 12.2. The van der Waals surface area contributed by atoms with Gasteiger partial charge in [0.25, 0.3) is 0 Å². The Morgan fingerprint density at radius 2 is 1.97 bits per heavy atom. The molecule has 2 N–H and O–H groups in total. The molecule has 0 bridgehead atoms. The Morgan fingerprint density at radius 3 is 2.80 bits per heavy atom. The van der Waals surface area contributed by atoms with Crippen LogP contribution < -0.4 is 10.6 Å². The van der Waals surface area contributed by atoms with Gasteiger partial charge in [0.1, 0.15) is 11.9 Å². The number of ketones is 1. The summed E-state index contributed by atoms with van der Waals surface area (Å²) in [6.45, 7) is 1.94. The summed E-state index contributed by atoms with van der Waals surface area (Å²) in [6.07, 6.45) is 3.33. The molecule has 2 aromatic carbocycles. The number of fused-ring (bicyclic) bond motifs is 2. The van der Waals surface area contributed by atoms with Crippen LogP contribution in [-0.4, -0.2) is 21.6 Å². The predicted molar refractivity (Wildman–Crippen MR) is 120 cm³/mol. The van der Waals surface area contributed by atoms with Crippen molar-refractivity contribution in [3.63, 3.8) is 0 Å². The zero-order valence-electron chi connectivity index (χ0n) is 16.3. The third-order valence-corrected chi connectivity index (χ3v) is 6.54. The van der Waals surface area contributed by atoms with Crippen molar-refractivity contribution in [3.05, 3.63) is 87.2 Å². The first kappa shape index (κ1) is 19.2. The number of hydrogen-bond donors (Lipinski definition) is 2. The highest BCUT2D eigenvalue weighted by Gasteiger charge is 2.36. The predicted octanol–water partition coefficient (Wildman–Crippen LogP) is 5.47. The van der Waals surface area contributed by atoms with Gasteiger partial charge < -0.3 is 10.6 Å². The van der Waals surface area contributed by atoms with Crippen LogP contribution >= 0.6 is 23.2 Å². The lowest BCUT2D eigenvalue weighted by Crippen LogP contribution is -2.39. The second kappa shape index (κ2) is 7.49. The number of allylic oxidation sites excluding steroid dienone is 1. The maximum atomic E-state index is 13.8. The standard InChI is InChI=1S/C23H20Cl2N4O/c1-13-21(23(30)19-9-7-14-4-2-3-5-18(14)28-19)22(29-20(27-13)10-11-26-29)15-6-8-16(24)17(25)12-15/h2-6,8,10-12,19,22,27-28H,7,9H2,1H3. The molecule has 0 fully saturated rings. The SMILES string of the molecule is CC1=C(C(=O)C2CCc3ccccc3N2)C(c2ccc(Cl)c(Cl)c2)n2nccc2N1. The maximum absolute atomic E-state index is 13.8. The molecule has 0 aliphatic carbocycles. The fourth-order valence-electron chi connectivity index (χ4n) is 4.34. The minimum Gasteiger partial charge on any atom is -0.375 e. The van der Waals surface area contributed by atoms with Crippen LogP contribution in [0.25, 0.3) is 0 Å². The molecular formula is C23H20Cl2N4O. The number of benzene rings is 2. The number of para-hydroxylation sites is 1. The van der Waals surface area contributed by atoms with Gasteiger partial charge in [0.2, 0.25) is 0 Å². The van der Waals surface area contributed by atoms with Crippen molar-refractivity contribution < 1.29 is 4.79 Å². The number of carbonyl (C=O) groups excluding carboxylic acids is 1. The van der Waals surface area contributed by atoms with Crippen molar-refractivity contribution in [1.82, 2.24) is 9.78 Å². The molecule has 7 heteroatoms. The summed E-state index contributed by atoms with van der Waals surface area (Å²) in [4.78, 5) is 13.8. The first-order valence-corrected chi connectivity index (χ1v) is 10.6. The normalized spacial score (nSPS) is 20.1. The van der Waals surface area contributed by atoms with E-state index in [4.69, 9.17) is 23.2 Å². The summed E-state index contributed by atoms with van der Waals surface area (Å²) < 4.78 is 1.83. The summed E-state index contributed by atoms with van der Waals surface area (Å²) in [6, 6.07) is 14.8. The van der Waals surface area contributed by atoms with Crippen molar-refractivity contribution in [2.45, 2.75) is 31.8 Å². The Labute approximate surface area is 184 Å². The minimum atomic E-state index is -0.377. The topological polar surface area (TPSA) is 59.0 Å². The molecule has 2 aliphatic rings. The van der Waals surface area contributed by atoms with E-state index < -0.39 is 0 Å². The van der Waals surface area contributed by atoms with Gasteiger partial charge in [-0.25, -0.2) is 4.68 Å². The second-order valence-corrected chi connectivity index (χ2v) is 8.47. The molecule has 152 valence electrons. The second-order valence-electron chi connectivity index (χ2n) is 7.66. The van der Waals surface area contributed by atoms with Crippen molar-refractivity contribution in [2.24, 2.45) is 0 Å². The van der Waals surface area contributed by atoms with Crippen molar-refractivity contribution >= 4 is 40.5 Å². The van der Waals surface area contributed by atoms with Crippen LogP contribution in [0.1, 0.15) is 30.5 Å². The van der Waals surface area contributed by atoms with Gasteiger partial charge in [-0.3, -0.25) is 4.79 Å². The number of anilines is 2. The van der Waals surface area contributed by atoms with E-state index in [9.17, 15) is 4.79 Å². The van der Waals surface area contributed by atoms with E-state index in [1.54, 1.807) is 12.3 Å². The zero-order valence-corrected chi connectivity index (χ0v) is 17.8. The molecule has 0 spiro atoms. The van der Waals surface area contributed by atoms with E-state index >= 15 is 0 Å². The average Bonchev–Trinajstić information content (AvgIpc) is 3.22. The lowest BCUT2D eigenvalue weighted by molar-refractivity contribution is -0.116. The van der Waals surface area contributed by atoms with Crippen LogP contribution in [0.15, 0.2) is 66.0 Å². The lowest BCUT2D eigenvalue weighted by Gasteiger charge is -2.33. The Hall–Kier alpha value is -2.76. The number of aromatic nitrogens is 2. The first-order valence-electron chi connectivity index (χ1n) is 9.88. The summed E-state index contributed by atoms with van der Waals surface area (Å²) in [5.41, 5.74) is 4.64. The van der Waals surface area contributed by atoms with Crippen LogP contribution in [0, 0.1) is 0 Å². The molecule has 2 atom stereocenters. The van der Waals surface area contributed by atoms with E-state index in [0.717, 1.165) is 35.6 Å². The Bertz CT molecular complexity index is 1180. The van der Waals surface area contributed by atoms with Gasteiger partial charge in [0, 0.05) is 23.0 Å². The molecule has 5 nitrogen and oxygen atoms in total. The average molecular weight is 439 g/mol. The van der Waals surface area contributed by atoms with E-state index in [0.29, 0.717) is 15.6 Å². The maximum Gasteiger partial charge on any atom is 0.185 e. The number of hydrogen-bond acceptors (Lipinski definition) is 4. The molecule has 5 rings (SSSR count). The molecule has 3 heterocycles. The molecule has 0 saturated heterocycles. The summed E-state index contributed by atoms with van der Waals surface area (Å²) >= 11 is 12.5. The third-order valence-electron chi connectivity index (χ3n) is 5.80. The highest BCUT2D eigenvalue weighted by atomic mass is 35.5. The summed E-state index contributed by atoms with van der Waals surface area (Å²) in [5.74, 6) is 0.897. The number of carbonyl (C=O) groups is 1. The van der Waals surface area contributed by atoms with Gasteiger partial charge in [-0.05, 0) is 49.1 Å². The van der Waals surface area contributed by atoms with Crippen LogP contribution in [-0.2, 0) is 11.2 Å². The van der Waals surface area contributed by atoms with Crippen LogP contribution in [0.5, 0.6) is 0 Å². The molecule has 0 saturated carbocycles. The Balaban J connectivity index is 1.56. The van der Waals surface area contributed by atoms with E-state index in [-0.39, 0.29) is 17.9 Å².